The van der Waals surface area contributed by atoms with Gasteiger partial charge in [0.25, 0.3) is 0 Å². The van der Waals surface area contributed by atoms with Crippen molar-refractivity contribution in [3.8, 4) is 0 Å². The molecule has 0 saturated carbocycles. The molecule has 5 nitrogen and oxygen atoms in total. The number of halogens is 2. The summed E-state index contributed by atoms with van der Waals surface area (Å²) in [7, 11) is 0. The lowest BCUT2D eigenvalue weighted by molar-refractivity contribution is 0.0101. The highest BCUT2D eigenvalue weighted by Crippen LogP contribution is 2.18. The predicted octanol–water partition coefficient (Wildman–Crippen LogP) is 2.36. The predicted molar refractivity (Wildman–Crippen MR) is 77.6 cm³/mol. The van der Waals surface area contributed by atoms with Gasteiger partial charge >= 0.3 is 6.03 Å². The standard InChI is InChI=1S/C15H20F2N2O3/c16-11-2-3-14(13(17)10-11)18-15(21)19-6-4-12(5-7-19)22-9-1-8-20/h2-3,10,12,20H,1,4-9H2,(H,18,21). The molecule has 7 heteroatoms. The summed E-state index contributed by atoms with van der Waals surface area (Å²) in [6.07, 6.45) is 2.08. The van der Waals surface area contributed by atoms with Gasteiger partial charge in [-0.2, -0.15) is 0 Å². The molecular weight excluding hydrogens is 294 g/mol. The van der Waals surface area contributed by atoms with Crippen molar-refractivity contribution in [3.05, 3.63) is 29.8 Å². The molecule has 0 bridgehead atoms. The Kier molecular flexibility index (Phi) is 6.09. The van der Waals surface area contributed by atoms with Crippen LogP contribution >= 0.6 is 0 Å². The van der Waals surface area contributed by atoms with E-state index in [4.69, 9.17) is 9.84 Å². The minimum Gasteiger partial charge on any atom is -0.396 e. The van der Waals surface area contributed by atoms with E-state index in [2.05, 4.69) is 5.32 Å². The van der Waals surface area contributed by atoms with Crippen LogP contribution in [0.4, 0.5) is 19.3 Å². The summed E-state index contributed by atoms with van der Waals surface area (Å²) in [6, 6.07) is 2.63. The smallest absolute Gasteiger partial charge is 0.321 e. The second-order valence-corrected chi connectivity index (χ2v) is 5.19. The minimum atomic E-state index is -0.796. The number of anilines is 1. The van der Waals surface area contributed by atoms with Crippen molar-refractivity contribution in [3.63, 3.8) is 0 Å². The molecular formula is C15H20F2N2O3. The van der Waals surface area contributed by atoms with E-state index in [1.807, 2.05) is 0 Å². The van der Waals surface area contributed by atoms with Gasteiger partial charge in [0.05, 0.1) is 11.8 Å². The maximum atomic E-state index is 13.5. The van der Waals surface area contributed by atoms with Gasteiger partial charge in [-0.15, -0.1) is 0 Å². The number of benzene rings is 1. The minimum absolute atomic E-state index is 0.0345. The second-order valence-electron chi connectivity index (χ2n) is 5.19. The molecule has 0 aliphatic carbocycles. The van der Waals surface area contributed by atoms with Gasteiger partial charge in [-0.3, -0.25) is 0 Å². The van der Waals surface area contributed by atoms with Gasteiger partial charge in [-0.1, -0.05) is 0 Å². The van der Waals surface area contributed by atoms with Crippen LogP contribution in [0.5, 0.6) is 0 Å². The van der Waals surface area contributed by atoms with Gasteiger partial charge in [-0.25, -0.2) is 13.6 Å². The summed E-state index contributed by atoms with van der Waals surface area (Å²) in [5, 5.41) is 11.1. The lowest BCUT2D eigenvalue weighted by Gasteiger charge is -2.32. The Balaban J connectivity index is 1.80. The summed E-state index contributed by atoms with van der Waals surface area (Å²) < 4.78 is 31.9. The van der Waals surface area contributed by atoms with Crippen LogP contribution in [0.25, 0.3) is 0 Å². The van der Waals surface area contributed by atoms with E-state index in [9.17, 15) is 13.6 Å². The molecule has 0 aromatic heterocycles. The van der Waals surface area contributed by atoms with Crippen LogP contribution in [-0.2, 0) is 4.74 Å². The largest absolute Gasteiger partial charge is 0.396 e. The van der Waals surface area contributed by atoms with Gasteiger partial charge in [0.1, 0.15) is 11.6 Å². The molecule has 122 valence electrons. The third-order valence-electron chi connectivity index (χ3n) is 3.56. The number of aliphatic hydroxyl groups excluding tert-OH is 1. The molecule has 2 rings (SSSR count). The second kappa shape index (κ2) is 8.05. The molecule has 1 saturated heterocycles. The Morgan fingerprint density at radius 2 is 2.09 bits per heavy atom. The zero-order valence-electron chi connectivity index (χ0n) is 12.2. The van der Waals surface area contributed by atoms with Crippen LogP contribution in [0.1, 0.15) is 19.3 Å². The average molecular weight is 314 g/mol. The summed E-state index contributed by atoms with van der Waals surface area (Å²) in [6.45, 7) is 1.63. The van der Waals surface area contributed by atoms with Gasteiger partial charge in [-0.05, 0) is 31.4 Å². The number of carbonyl (C=O) groups excluding carboxylic acids is 1. The first-order valence-electron chi connectivity index (χ1n) is 7.33. The number of likely N-dealkylation sites (tertiary alicyclic amines) is 1. The number of urea groups is 1. The van der Waals surface area contributed by atoms with E-state index in [0.29, 0.717) is 39.0 Å². The third-order valence-corrected chi connectivity index (χ3v) is 3.56. The highest BCUT2D eigenvalue weighted by molar-refractivity contribution is 5.89. The molecule has 0 spiro atoms. The summed E-state index contributed by atoms with van der Waals surface area (Å²) in [5.74, 6) is -1.48. The number of aliphatic hydroxyl groups is 1. The van der Waals surface area contributed by atoms with E-state index in [0.717, 1.165) is 12.1 Å². The molecule has 1 aliphatic heterocycles. The number of nitrogens with one attached hydrogen (secondary N) is 1. The van der Waals surface area contributed by atoms with Crippen LogP contribution in [0.2, 0.25) is 0 Å². The van der Waals surface area contributed by atoms with Crippen molar-refractivity contribution in [2.24, 2.45) is 0 Å². The fraction of sp³-hybridized carbons (Fsp3) is 0.533. The number of piperidine rings is 1. The molecule has 2 N–H and O–H groups in total. The van der Waals surface area contributed by atoms with E-state index < -0.39 is 17.7 Å². The van der Waals surface area contributed by atoms with E-state index >= 15 is 0 Å². The Morgan fingerprint density at radius 1 is 1.36 bits per heavy atom. The zero-order valence-corrected chi connectivity index (χ0v) is 12.2. The van der Waals surface area contributed by atoms with Crippen LogP contribution in [0.3, 0.4) is 0 Å². The molecule has 0 radical (unpaired) electrons. The molecule has 1 fully saturated rings. The maximum absolute atomic E-state index is 13.5. The molecule has 0 unspecified atom stereocenters. The Morgan fingerprint density at radius 3 is 2.73 bits per heavy atom. The molecule has 1 heterocycles. The fourth-order valence-electron chi connectivity index (χ4n) is 2.33. The monoisotopic (exact) mass is 314 g/mol. The molecule has 1 aromatic rings. The summed E-state index contributed by atoms with van der Waals surface area (Å²) >= 11 is 0. The van der Waals surface area contributed by atoms with Crippen LogP contribution in [0, 0.1) is 11.6 Å². The number of hydrogen-bond donors (Lipinski definition) is 2. The van der Waals surface area contributed by atoms with Gasteiger partial charge in [0.2, 0.25) is 0 Å². The first-order valence-corrected chi connectivity index (χ1v) is 7.33. The number of rotatable bonds is 5. The topological polar surface area (TPSA) is 61.8 Å². The lowest BCUT2D eigenvalue weighted by Crippen LogP contribution is -2.43. The van der Waals surface area contributed by atoms with Crippen LogP contribution < -0.4 is 5.32 Å². The number of nitrogens with zero attached hydrogens (tertiary/aromatic N) is 1. The summed E-state index contributed by atoms with van der Waals surface area (Å²) in [4.78, 5) is 13.6. The SMILES string of the molecule is O=C(Nc1ccc(F)cc1F)N1CCC(OCCCO)CC1. The first-order chi connectivity index (χ1) is 10.6. The number of amides is 2. The van der Waals surface area contributed by atoms with Gasteiger partial charge < -0.3 is 20.1 Å². The highest BCUT2D eigenvalue weighted by atomic mass is 19.1. The first kappa shape index (κ1) is 16.6. The molecule has 2 amide bonds. The van der Waals surface area contributed by atoms with E-state index in [1.165, 1.54) is 6.07 Å². The molecule has 1 aliphatic rings. The Bertz CT molecular complexity index is 506. The molecule has 1 aromatic carbocycles. The van der Waals surface area contributed by atoms with Crippen molar-refractivity contribution >= 4 is 11.7 Å². The normalized spacial score (nSPS) is 15.9. The molecule has 0 atom stereocenters. The van der Waals surface area contributed by atoms with Crippen LogP contribution in [0.15, 0.2) is 18.2 Å². The van der Waals surface area contributed by atoms with Gasteiger partial charge in [0.15, 0.2) is 0 Å². The highest BCUT2D eigenvalue weighted by Gasteiger charge is 2.23. The van der Waals surface area contributed by atoms with Crippen molar-refractivity contribution in [1.29, 1.82) is 0 Å². The van der Waals surface area contributed by atoms with Crippen LogP contribution in [-0.4, -0.2) is 48.4 Å². The lowest BCUT2D eigenvalue weighted by atomic mass is 10.1. The maximum Gasteiger partial charge on any atom is 0.321 e. The van der Waals surface area contributed by atoms with Crippen molar-refractivity contribution in [2.75, 3.05) is 31.6 Å². The Hall–Kier alpha value is -1.73. The van der Waals surface area contributed by atoms with Gasteiger partial charge in [0, 0.05) is 32.4 Å². The average Bonchev–Trinajstić information content (AvgIpc) is 2.51. The van der Waals surface area contributed by atoms with Crippen molar-refractivity contribution in [1.82, 2.24) is 4.90 Å². The van der Waals surface area contributed by atoms with E-state index in [-0.39, 0.29) is 18.4 Å². The van der Waals surface area contributed by atoms with Crippen molar-refractivity contribution in [2.45, 2.75) is 25.4 Å². The number of hydrogen-bond acceptors (Lipinski definition) is 3. The Labute approximate surface area is 127 Å². The zero-order chi connectivity index (χ0) is 15.9. The van der Waals surface area contributed by atoms with Crippen molar-refractivity contribution < 1.29 is 23.4 Å². The number of ether oxygens (including phenoxy) is 1. The molecule has 22 heavy (non-hydrogen) atoms. The van der Waals surface area contributed by atoms with E-state index in [1.54, 1.807) is 4.90 Å². The third kappa shape index (κ3) is 4.64. The summed E-state index contributed by atoms with van der Waals surface area (Å²) in [5.41, 5.74) is -0.0345. The fourth-order valence-corrected chi connectivity index (χ4v) is 2.33. The number of carbonyl (C=O) groups is 1. The quantitative estimate of drug-likeness (QED) is 0.820.